The average Bonchev–Trinajstić information content (AvgIpc) is 2.52. The van der Waals surface area contributed by atoms with Gasteiger partial charge in [-0.3, -0.25) is 0 Å². The number of hydrogen-bond donors (Lipinski definition) is 1. The first-order valence-electron chi connectivity index (χ1n) is 5.02. The molecule has 0 radical (unpaired) electrons. The van der Waals surface area contributed by atoms with Gasteiger partial charge in [-0.2, -0.15) is 0 Å². The zero-order valence-electron chi connectivity index (χ0n) is 8.12. The molecule has 0 bridgehead atoms. The van der Waals surface area contributed by atoms with Crippen molar-refractivity contribution in [1.29, 1.82) is 0 Å². The number of rotatable bonds is 4. The molecule has 0 saturated carbocycles. The summed E-state index contributed by atoms with van der Waals surface area (Å²) in [5.74, 6) is 0.394. The molecular formula is C10H20O2. The van der Waals surface area contributed by atoms with E-state index in [1.807, 2.05) is 0 Å². The minimum atomic E-state index is 0.288. The zero-order valence-corrected chi connectivity index (χ0v) is 8.12. The second-order valence-corrected chi connectivity index (χ2v) is 3.89. The molecule has 1 N–H and O–H groups in total. The summed E-state index contributed by atoms with van der Waals surface area (Å²) in [4.78, 5) is 0. The summed E-state index contributed by atoms with van der Waals surface area (Å²) in [7, 11) is 0. The molecule has 2 heteroatoms. The molecule has 12 heavy (non-hydrogen) atoms. The molecule has 72 valence electrons. The highest BCUT2D eigenvalue weighted by Crippen LogP contribution is 2.26. The Morgan fingerprint density at radius 3 is 2.58 bits per heavy atom. The predicted molar refractivity (Wildman–Crippen MR) is 49.1 cm³/mol. The minimum Gasteiger partial charge on any atom is -0.396 e. The molecule has 0 aromatic heterocycles. The smallest absolute Gasteiger partial charge is 0.0583 e. The van der Waals surface area contributed by atoms with Crippen LogP contribution in [0.2, 0.25) is 0 Å². The van der Waals surface area contributed by atoms with Crippen LogP contribution in [-0.2, 0) is 4.74 Å². The van der Waals surface area contributed by atoms with Gasteiger partial charge in [-0.25, -0.2) is 0 Å². The first-order valence-corrected chi connectivity index (χ1v) is 5.02. The Bertz CT molecular complexity index is 125. The van der Waals surface area contributed by atoms with E-state index in [4.69, 9.17) is 9.84 Å². The first-order chi connectivity index (χ1) is 5.76. The van der Waals surface area contributed by atoms with Crippen LogP contribution in [0.4, 0.5) is 0 Å². The molecule has 1 rings (SSSR count). The third-order valence-corrected chi connectivity index (χ3v) is 2.63. The van der Waals surface area contributed by atoms with Crippen molar-refractivity contribution in [2.45, 2.75) is 51.7 Å². The Morgan fingerprint density at radius 2 is 2.08 bits per heavy atom. The lowest BCUT2D eigenvalue weighted by Gasteiger charge is -2.15. The molecule has 0 aromatic rings. The highest BCUT2D eigenvalue weighted by atomic mass is 16.5. The molecule has 1 fully saturated rings. The molecule has 3 atom stereocenters. The van der Waals surface area contributed by atoms with E-state index < -0.39 is 0 Å². The maximum absolute atomic E-state index is 8.86. The van der Waals surface area contributed by atoms with Crippen molar-refractivity contribution in [2.24, 2.45) is 5.92 Å². The van der Waals surface area contributed by atoms with E-state index in [9.17, 15) is 0 Å². The van der Waals surface area contributed by atoms with E-state index in [2.05, 4.69) is 13.8 Å². The lowest BCUT2D eigenvalue weighted by molar-refractivity contribution is 0.0257. The minimum absolute atomic E-state index is 0.288. The molecule has 0 aliphatic carbocycles. The second kappa shape index (κ2) is 4.83. The van der Waals surface area contributed by atoms with E-state index >= 15 is 0 Å². The summed E-state index contributed by atoms with van der Waals surface area (Å²) < 4.78 is 5.77. The van der Waals surface area contributed by atoms with Gasteiger partial charge in [0.2, 0.25) is 0 Å². The Hall–Kier alpha value is -0.0800. The number of aliphatic hydroxyl groups excluding tert-OH is 1. The number of hydrogen-bond acceptors (Lipinski definition) is 2. The van der Waals surface area contributed by atoms with Crippen LogP contribution in [0.1, 0.15) is 39.5 Å². The third kappa shape index (κ3) is 2.76. The highest BCUT2D eigenvalue weighted by Gasteiger charge is 2.24. The molecule has 3 unspecified atom stereocenters. The first kappa shape index (κ1) is 10.0. The van der Waals surface area contributed by atoms with Crippen LogP contribution in [0.25, 0.3) is 0 Å². The Kier molecular flexibility index (Phi) is 4.02. The quantitative estimate of drug-likeness (QED) is 0.702. The lowest BCUT2D eigenvalue weighted by Crippen LogP contribution is -2.15. The fourth-order valence-corrected chi connectivity index (χ4v) is 1.78. The van der Waals surface area contributed by atoms with Gasteiger partial charge in [-0.1, -0.05) is 13.8 Å². The van der Waals surface area contributed by atoms with Crippen molar-refractivity contribution in [3.63, 3.8) is 0 Å². The summed E-state index contributed by atoms with van der Waals surface area (Å²) in [5, 5.41) is 8.86. The summed E-state index contributed by atoms with van der Waals surface area (Å²) in [5.41, 5.74) is 0. The van der Waals surface area contributed by atoms with E-state index in [1.165, 1.54) is 12.8 Å². The molecule has 0 amide bonds. The van der Waals surface area contributed by atoms with Gasteiger partial charge in [-0.15, -0.1) is 0 Å². The van der Waals surface area contributed by atoms with Gasteiger partial charge in [0.05, 0.1) is 12.2 Å². The van der Waals surface area contributed by atoms with Gasteiger partial charge in [0.15, 0.2) is 0 Å². The van der Waals surface area contributed by atoms with Crippen LogP contribution in [0, 0.1) is 5.92 Å². The van der Waals surface area contributed by atoms with Crippen LogP contribution in [0.5, 0.6) is 0 Å². The molecule has 1 aliphatic heterocycles. The van der Waals surface area contributed by atoms with E-state index in [1.54, 1.807) is 0 Å². The van der Waals surface area contributed by atoms with Crippen LogP contribution < -0.4 is 0 Å². The molecule has 1 heterocycles. The maximum atomic E-state index is 8.86. The molecule has 0 spiro atoms. The summed E-state index contributed by atoms with van der Waals surface area (Å²) >= 11 is 0. The monoisotopic (exact) mass is 172 g/mol. The fraction of sp³-hybridized carbons (Fsp3) is 1.00. The van der Waals surface area contributed by atoms with Crippen molar-refractivity contribution in [2.75, 3.05) is 6.61 Å². The summed E-state index contributed by atoms with van der Waals surface area (Å²) in [6.07, 6.45) is 5.44. The van der Waals surface area contributed by atoms with Crippen molar-refractivity contribution in [1.82, 2.24) is 0 Å². The summed E-state index contributed by atoms with van der Waals surface area (Å²) in [6, 6.07) is 0. The topological polar surface area (TPSA) is 29.5 Å². The van der Waals surface area contributed by atoms with E-state index in [0.717, 1.165) is 12.8 Å². The van der Waals surface area contributed by atoms with Gasteiger partial charge in [0, 0.05) is 6.61 Å². The van der Waals surface area contributed by atoms with E-state index in [-0.39, 0.29) is 6.61 Å². The molecule has 1 saturated heterocycles. The van der Waals surface area contributed by atoms with Crippen LogP contribution >= 0.6 is 0 Å². The van der Waals surface area contributed by atoms with Crippen LogP contribution in [0.3, 0.4) is 0 Å². The van der Waals surface area contributed by atoms with Crippen molar-refractivity contribution >= 4 is 0 Å². The Balaban J connectivity index is 2.18. The molecule has 1 aliphatic rings. The van der Waals surface area contributed by atoms with Crippen molar-refractivity contribution in [3.05, 3.63) is 0 Å². The normalized spacial score (nSPS) is 32.2. The van der Waals surface area contributed by atoms with Gasteiger partial charge in [-0.05, 0) is 31.6 Å². The van der Waals surface area contributed by atoms with Crippen LogP contribution in [-0.4, -0.2) is 23.9 Å². The predicted octanol–water partition coefficient (Wildman–Crippen LogP) is 1.96. The van der Waals surface area contributed by atoms with Gasteiger partial charge in [0.1, 0.15) is 0 Å². The third-order valence-electron chi connectivity index (χ3n) is 2.63. The van der Waals surface area contributed by atoms with Gasteiger partial charge in [0.25, 0.3) is 0 Å². The maximum Gasteiger partial charge on any atom is 0.0583 e. The molecule has 2 nitrogen and oxygen atoms in total. The zero-order chi connectivity index (χ0) is 8.97. The van der Waals surface area contributed by atoms with E-state index in [0.29, 0.717) is 18.1 Å². The molecule has 0 aromatic carbocycles. The van der Waals surface area contributed by atoms with Crippen molar-refractivity contribution in [3.8, 4) is 0 Å². The Labute approximate surface area is 74.9 Å². The fourth-order valence-electron chi connectivity index (χ4n) is 1.78. The standard InChI is InChI=1S/C10H20O2/c1-3-9-4-5-10(12-9)6-8(2)7-11/h8-11H,3-7H2,1-2H3. The summed E-state index contributed by atoms with van der Waals surface area (Å²) in [6.45, 7) is 4.53. The van der Waals surface area contributed by atoms with Crippen molar-refractivity contribution < 1.29 is 9.84 Å². The number of aliphatic hydroxyl groups is 1. The lowest BCUT2D eigenvalue weighted by atomic mass is 10.0. The SMILES string of the molecule is CCC1CCC(CC(C)CO)O1. The van der Waals surface area contributed by atoms with Crippen LogP contribution in [0.15, 0.2) is 0 Å². The Morgan fingerprint density at radius 1 is 1.42 bits per heavy atom. The van der Waals surface area contributed by atoms with Gasteiger partial charge < -0.3 is 9.84 Å². The average molecular weight is 172 g/mol. The highest BCUT2D eigenvalue weighted by molar-refractivity contribution is 4.74. The number of ether oxygens (including phenoxy) is 1. The second-order valence-electron chi connectivity index (χ2n) is 3.89. The largest absolute Gasteiger partial charge is 0.396 e. The molecular weight excluding hydrogens is 152 g/mol. The van der Waals surface area contributed by atoms with Gasteiger partial charge >= 0.3 is 0 Å².